The van der Waals surface area contributed by atoms with Gasteiger partial charge < -0.3 is 5.11 Å². The topological polar surface area (TPSA) is 37.3 Å². The first-order valence-corrected chi connectivity index (χ1v) is 3.77. The van der Waals surface area contributed by atoms with Gasteiger partial charge in [-0.15, -0.1) is 0 Å². The molecule has 0 fully saturated rings. The van der Waals surface area contributed by atoms with E-state index in [0.29, 0.717) is 11.1 Å². The van der Waals surface area contributed by atoms with Gasteiger partial charge >= 0.3 is 5.97 Å². The first kappa shape index (κ1) is 9.45. The second kappa shape index (κ2) is 3.85. The number of hydrogen-bond acceptors (Lipinski definition) is 1. The molecule has 0 radical (unpaired) electrons. The van der Waals surface area contributed by atoms with Crippen molar-refractivity contribution in [1.29, 1.82) is 0 Å². The van der Waals surface area contributed by atoms with E-state index >= 15 is 0 Å². The number of halogens is 1. The van der Waals surface area contributed by atoms with Gasteiger partial charge in [-0.1, -0.05) is 18.2 Å². The van der Waals surface area contributed by atoms with Gasteiger partial charge in [0.05, 0.1) is 0 Å². The maximum atomic E-state index is 13.1. The Morgan fingerprint density at radius 3 is 2.62 bits per heavy atom. The standard InChI is InChI=1S/C10H9FO2/c1-7(6-10(12)13)8-4-2-3-5-9(8)11/h2-6H,1H3,(H,12,13)/b7-6+. The lowest BCUT2D eigenvalue weighted by Crippen LogP contribution is -1.92. The average molecular weight is 180 g/mol. The van der Waals surface area contributed by atoms with Crippen molar-refractivity contribution in [3.63, 3.8) is 0 Å². The van der Waals surface area contributed by atoms with Crippen molar-refractivity contribution >= 4 is 11.5 Å². The minimum Gasteiger partial charge on any atom is -0.478 e. The molecular formula is C10H9FO2. The molecular weight excluding hydrogens is 171 g/mol. The lowest BCUT2D eigenvalue weighted by atomic mass is 10.1. The number of carbonyl (C=O) groups is 1. The average Bonchev–Trinajstić information content (AvgIpc) is 2.03. The Bertz CT molecular complexity index is 356. The quantitative estimate of drug-likeness (QED) is 0.709. The van der Waals surface area contributed by atoms with Gasteiger partial charge in [-0.05, 0) is 18.6 Å². The van der Waals surface area contributed by atoms with Gasteiger partial charge in [-0.2, -0.15) is 0 Å². The van der Waals surface area contributed by atoms with Crippen LogP contribution in [0, 0.1) is 5.82 Å². The van der Waals surface area contributed by atoms with Gasteiger partial charge in [0.2, 0.25) is 0 Å². The maximum absolute atomic E-state index is 13.1. The highest BCUT2D eigenvalue weighted by molar-refractivity contribution is 5.89. The molecule has 3 heteroatoms. The Hall–Kier alpha value is -1.64. The smallest absolute Gasteiger partial charge is 0.328 e. The highest BCUT2D eigenvalue weighted by Crippen LogP contribution is 2.16. The molecule has 0 unspecified atom stereocenters. The number of aliphatic carboxylic acids is 1. The molecule has 0 heterocycles. The Kier molecular flexibility index (Phi) is 2.80. The minimum atomic E-state index is -1.07. The van der Waals surface area contributed by atoms with E-state index in [1.165, 1.54) is 6.07 Å². The lowest BCUT2D eigenvalue weighted by molar-refractivity contribution is -0.131. The van der Waals surface area contributed by atoms with E-state index in [1.807, 2.05) is 0 Å². The normalized spacial score (nSPS) is 11.4. The summed E-state index contributed by atoms with van der Waals surface area (Å²) >= 11 is 0. The number of carboxylic acid groups (broad SMARTS) is 1. The van der Waals surface area contributed by atoms with Crippen molar-refractivity contribution in [3.05, 3.63) is 41.7 Å². The zero-order valence-electron chi connectivity index (χ0n) is 7.12. The molecule has 0 bridgehead atoms. The Labute approximate surface area is 75.3 Å². The van der Waals surface area contributed by atoms with Crippen LogP contribution in [0.3, 0.4) is 0 Å². The Balaban J connectivity index is 3.08. The number of rotatable bonds is 2. The molecule has 1 rings (SSSR count). The van der Waals surface area contributed by atoms with Gasteiger partial charge in [0.25, 0.3) is 0 Å². The Morgan fingerprint density at radius 1 is 1.46 bits per heavy atom. The molecule has 0 atom stereocenters. The molecule has 0 aliphatic heterocycles. The third-order valence-corrected chi connectivity index (χ3v) is 1.64. The van der Waals surface area contributed by atoms with Crippen molar-refractivity contribution < 1.29 is 14.3 Å². The first-order valence-electron chi connectivity index (χ1n) is 3.77. The third kappa shape index (κ3) is 2.40. The first-order chi connectivity index (χ1) is 6.11. The molecule has 68 valence electrons. The molecule has 1 aromatic carbocycles. The van der Waals surface area contributed by atoms with Crippen LogP contribution in [0.1, 0.15) is 12.5 Å². The fraction of sp³-hybridized carbons (Fsp3) is 0.100. The fourth-order valence-corrected chi connectivity index (χ4v) is 1.04. The molecule has 0 aliphatic rings. The summed E-state index contributed by atoms with van der Waals surface area (Å²) in [5, 5.41) is 8.44. The van der Waals surface area contributed by atoms with Crippen LogP contribution in [0.15, 0.2) is 30.3 Å². The van der Waals surface area contributed by atoms with Crippen molar-refractivity contribution in [2.24, 2.45) is 0 Å². The van der Waals surface area contributed by atoms with Crippen LogP contribution in [0.25, 0.3) is 5.57 Å². The molecule has 1 aromatic rings. The molecule has 0 saturated carbocycles. The van der Waals surface area contributed by atoms with E-state index in [4.69, 9.17) is 5.11 Å². The van der Waals surface area contributed by atoms with Crippen LogP contribution >= 0.6 is 0 Å². The van der Waals surface area contributed by atoms with E-state index < -0.39 is 11.8 Å². The molecule has 2 nitrogen and oxygen atoms in total. The monoisotopic (exact) mass is 180 g/mol. The van der Waals surface area contributed by atoms with Crippen molar-refractivity contribution in [2.45, 2.75) is 6.92 Å². The maximum Gasteiger partial charge on any atom is 0.328 e. The summed E-state index contributed by atoms with van der Waals surface area (Å²) in [6, 6.07) is 6.07. The van der Waals surface area contributed by atoms with Crippen LogP contribution in [0.4, 0.5) is 4.39 Å². The van der Waals surface area contributed by atoms with Crippen molar-refractivity contribution in [3.8, 4) is 0 Å². The van der Waals surface area contributed by atoms with Crippen molar-refractivity contribution in [2.75, 3.05) is 0 Å². The van der Waals surface area contributed by atoms with Gasteiger partial charge in [0.15, 0.2) is 0 Å². The number of carboxylic acids is 1. The van der Waals surface area contributed by atoms with E-state index in [2.05, 4.69) is 0 Å². The second-order valence-corrected chi connectivity index (χ2v) is 2.65. The van der Waals surface area contributed by atoms with Crippen LogP contribution in [0.5, 0.6) is 0 Å². The van der Waals surface area contributed by atoms with Crippen LogP contribution in [-0.4, -0.2) is 11.1 Å². The number of allylic oxidation sites excluding steroid dienone is 1. The summed E-state index contributed by atoms with van der Waals surface area (Å²) in [6.45, 7) is 1.56. The Morgan fingerprint density at radius 2 is 2.08 bits per heavy atom. The van der Waals surface area contributed by atoms with Gasteiger partial charge in [-0.3, -0.25) is 0 Å². The molecule has 13 heavy (non-hydrogen) atoms. The SMILES string of the molecule is C/C(=C\C(=O)O)c1ccccc1F. The highest BCUT2D eigenvalue weighted by Gasteiger charge is 2.03. The molecule has 0 saturated heterocycles. The van der Waals surface area contributed by atoms with Crippen molar-refractivity contribution in [1.82, 2.24) is 0 Å². The van der Waals surface area contributed by atoms with E-state index in [1.54, 1.807) is 25.1 Å². The van der Waals surface area contributed by atoms with Crippen LogP contribution in [0.2, 0.25) is 0 Å². The summed E-state index contributed by atoms with van der Waals surface area (Å²) in [6.07, 6.45) is 0.985. The van der Waals surface area contributed by atoms with Gasteiger partial charge in [0.1, 0.15) is 5.82 Å². The summed E-state index contributed by atoms with van der Waals surface area (Å²) < 4.78 is 13.1. The zero-order chi connectivity index (χ0) is 9.84. The van der Waals surface area contributed by atoms with E-state index in [0.717, 1.165) is 6.08 Å². The fourth-order valence-electron chi connectivity index (χ4n) is 1.04. The molecule has 0 aromatic heterocycles. The van der Waals surface area contributed by atoms with Crippen LogP contribution < -0.4 is 0 Å². The third-order valence-electron chi connectivity index (χ3n) is 1.64. The predicted molar refractivity (Wildman–Crippen MR) is 47.7 cm³/mol. The summed E-state index contributed by atoms with van der Waals surface area (Å²) in [5.74, 6) is -1.47. The molecule has 0 spiro atoms. The molecule has 1 N–H and O–H groups in total. The summed E-state index contributed by atoms with van der Waals surface area (Å²) in [5.41, 5.74) is 0.732. The van der Waals surface area contributed by atoms with Crippen LogP contribution in [-0.2, 0) is 4.79 Å². The number of benzene rings is 1. The second-order valence-electron chi connectivity index (χ2n) is 2.65. The molecule has 0 aliphatic carbocycles. The van der Waals surface area contributed by atoms with E-state index in [9.17, 15) is 9.18 Å². The highest BCUT2D eigenvalue weighted by atomic mass is 19.1. The summed E-state index contributed by atoms with van der Waals surface area (Å²) in [7, 11) is 0. The molecule has 0 amide bonds. The predicted octanol–water partition coefficient (Wildman–Crippen LogP) is 2.31. The zero-order valence-corrected chi connectivity index (χ0v) is 7.12. The number of hydrogen-bond donors (Lipinski definition) is 1. The van der Waals surface area contributed by atoms with E-state index in [-0.39, 0.29) is 0 Å². The largest absolute Gasteiger partial charge is 0.478 e. The van der Waals surface area contributed by atoms with Gasteiger partial charge in [0, 0.05) is 11.6 Å². The summed E-state index contributed by atoms with van der Waals surface area (Å²) in [4.78, 5) is 10.3. The van der Waals surface area contributed by atoms with Gasteiger partial charge in [-0.25, -0.2) is 9.18 Å². The lowest BCUT2D eigenvalue weighted by Gasteiger charge is -2.00. The minimum absolute atomic E-state index is 0.324.